The number of rotatable bonds is 2. The number of aromatic nitrogens is 3. The van der Waals surface area contributed by atoms with Crippen LogP contribution in [-0.4, -0.2) is 14.8 Å². The summed E-state index contributed by atoms with van der Waals surface area (Å²) in [5.74, 6) is 0.878. The van der Waals surface area contributed by atoms with Crippen molar-refractivity contribution >= 4 is 0 Å². The van der Waals surface area contributed by atoms with E-state index >= 15 is 0 Å². The molecular formula is C10H10N3. The number of hydrogen-bond acceptors (Lipinski definition) is 2. The smallest absolute Gasteiger partial charge is 0.202 e. The zero-order valence-electron chi connectivity index (χ0n) is 7.44. The lowest BCUT2D eigenvalue weighted by atomic mass is 10.2. The molecule has 0 amide bonds. The molecule has 0 N–H and O–H groups in total. The summed E-state index contributed by atoms with van der Waals surface area (Å²) in [7, 11) is 0. The van der Waals surface area contributed by atoms with Gasteiger partial charge in [-0.05, 0) is 6.92 Å². The third kappa shape index (κ3) is 1.45. The average Bonchev–Trinajstić information content (AvgIpc) is 2.67. The number of hydrogen-bond donors (Lipinski definition) is 0. The summed E-state index contributed by atoms with van der Waals surface area (Å²) in [5, 5.41) is 7.77. The molecule has 0 spiro atoms. The normalized spacial score (nSPS) is 10.2. The molecule has 65 valence electrons. The van der Waals surface area contributed by atoms with E-state index < -0.39 is 0 Å². The fourth-order valence-corrected chi connectivity index (χ4v) is 1.25. The molecule has 0 saturated heterocycles. The molecule has 0 unspecified atom stereocenters. The molecule has 1 aromatic heterocycles. The summed E-state index contributed by atoms with van der Waals surface area (Å²) in [6.07, 6.45) is 2.81. The monoisotopic (exact) mass is 172 g/mol. The Kier molecular flexibility index (Phi) is 2.08. The van der Waals surface area contributed by atoms with Crippen LogP contribution in [0.3, 0.4) is 0 Å². The fraction of sp³-hybridized carbons (Fsp3) is 0.200. The van der Waals surface area contributed by atoms with Crippen LogP contribution in [-0.2, 0) is 6.54 Å². The lowest BCUT2D eigenvalue weighted by Gasteiger charge is -2.01. The predicted octanol–water partition coefficient (Wildman–Crippen LogP) is 1.77. The molecule has 0 aliphatic heterocycles. The summed E-state index contributed by atoms with van der Waals surface area (Å²) in [6.45, 7) is 2.89. The van der Waals surface area contributed by atoms with Gasteiger partial charge in [0.2, 0.25) is 6.33 Å². The highest BCUT2D eigenvalue weighted by Gasteiger charge is 2.04. The van der Waals surface area contributed by atoms with Crippen molar-refractivity contribution in [3.8, 4) is 11.4 Å². The molecule has 0 atom stereocenters. The van der Waals surface area contributed by atoms with Gasteiger partial charge in [0.05, 0.1) is 0 Å². The van der Waals surface area contributed by atoms with Gasteiger partial charge in [0.1, 0.15) is 0 Å². The Morgan fingerprint density at radius 2 is 2.08 bits per heavy atom. The first-order chi connectivity index (χ1) is 6.42. The highest BCUT2D eigenvalue weighted by atomic mass is 15.3. The van der Waals surface area contributed by atoms with E-state index in [1.54, 1.807) is 0 Å². The molecule has 13 heavy (non-hydrogen) atoms. The summed E-state index contributed by atoms with van der Waals surface area (Å²) < 4.78 is 1.90. The second-order valence-corrected chi connectivity index (χ2v) is 2.73. The maximum absolute atomic E-state index is 4.01. The van der Waals surface area contributed by atoms with Crippen LogP contribution in [0.1, 0.15) is 6.92 Å². The third-order valence-corrected chi connectivity index (χ3v) is 1.91. The van der Waals surface area contributed by atoms with Gasteiger partial charge in [-0.3, -0.25) is 0 Å². The maximum Gasteiger partial charge on any atom is 0.202 e. The van der Waals surface area contributed by atoms with Crippen molar-refractivity contribution in [2.24, 2.45) is 0 Å². The maximum atomic E-state index is 4.01. The van der Waals surface area contributed by atoms with Gasteiger partial charge in [-0.2, -0.15) is 0 Å². The third-order valence-electron chi connectivity index (χ3n) is 1.91. The molecule has 1 radical (unpaired) electrons. The van der Waals surface area contributed by atoms with Crippen LogP contribution < -0.4 is 0 Å². The van der Waals surface area contributed by atoms with Crippen LogP contribution in [0, 0.1) is 6.33 Å². The minimum Gasteiger partial charge on any atom is -0.305 e. The lowest BCUT2D eigenvalue weighted by molar-refractivity contribution is 0.760. The summed E-state index contributed by atoms with van der Waals surface area (Å²) >= 11 is 0. The quantitative estimate of drug-likeness (QED) is 0.691. The minimum absolute atomic E-state index is 0.844. The Hall–Kier alpha value is -1.64. The molecule has 1 aromatic carbocycles. The van der Waals surface area contributed by atoms with Gasteiger partial charge in [0.15, 0.2) is 5.82 Å². The van der Waals surface area contributed by atoms with Gasteiger partial charge < -0.3 is 4.57 Å². The Morgan fingerprint density at radius 1 is 1.31 bits per heavy atom. The van der Waals surface area contributed by atoms with Gasteiger partial charge in [-0.25, -0.2) is 0 Å². The molecule has 0 bridgehead atoms. The Morgan fingerprint density at radius 3 is 2.77 bits per heavy atom. The first kappa shape index (κ1) is 7.98. The van der Waals surface area contributed by atoms with Crippen molar-refractivity contribution in [2.45, 2.75) is 13.5 Å². The highest BCUT2D eigenvalue weighted by molar-refractivity contribution is 5.54. The van der Waals surface area contributed by atoms with Gasteiger partial charge in [0.25, 0.3) is 0 Å². The van der Waals surface area contributed by atoms with Gasteiger partial charge in [0, 0.05) is 12.1 Å². The van der Waals surface area contributed by atoms with E-state index in [1.165, 1.54) is 0 Å². The van der Waals surface area contributed by atoms with Crippen molar-refractivity contribution in [3.05, 3.63) is 36.7 Å². The first-order valence-corrected chi connectivity index (χ1v) is 4.28. The van der Waals surface area contributed by atoms with Gasteiger partial charge >= 0.3 is 0 Å². The summed E-state index contributed by atoms with van der Waals surface area (Å²) in [5.41, 5.74) is 1.08. The van der Waals surface area contributed by atoms with E-state index in [0.29, 0.717) is 0 Å². The summed E-state index contributed by atoms with van der Waals surface area (Å²) in [4.78, 5) is 0. The number of aryl methyl sites for hydroxylation is 1. The zero-order valence-corrected chi connectivity index (χ0v) is 7.44. The van der Waals surface area contributed by atoms with Crippen LogP contribution in [0.5, 0.6) is 0 Å². The molecule has 2 rings (SSSR count). The predicted molar refractivity (Wildman–Crippen MR) is 50.0 cm³/mol. The largest absolute Gasteiger partial charge is 0.305 e. The van der Waals surface area contributed by atoms with Crippen LogP contribution in [0.15, 0.2) is 30.3 Å². The molecule has 0 fully saturated rings. The molecule has 0 aliphatic carbocycles. The van der Waals surface area contributed by atoms with Crippen LogP contribution in [0.2, 0.25) is 0 Å². The number of nitrogens with zero attached hydrogens (tertiary/aromatic N) is 3. The van der Waals surface area contributed by atoms with E-state index in [-0.39, 0.29) is 0 Å². The van der Waals surface area contributed by atoms with Crippen molar-refractivity contribution in [2.75, 3.05) is 0 Å². The van der Waals surface area contributed by atoms with Gasteiger partial charge in [-0.1, -0.05) is 30.3 Å². The standard InChI is InChI=1S/C10H10N3/c1-2-13-8-11-12-10(13)9-6-4-3-5-7-9/h3-7H,2H2,1H3. The van der Waals surface area contributed by atoms with Crippen LogP contribution >= 0.6 is 0 Å². The topological polar surface area (TPSA) is 30.7 Å². The second-order valence-electron chi connectivity index (χ2n) is 2.73. The molecule has 1 heterocycles. The van der Waals surface area contributed by atoms with E-state index in [0.717, 1.165) is 17.9 Å². The molecular weight excluding hydrogens is 162 g/mol. The van der Waals surface area contributed by atoms with E-state index in [1.807, 2.05) is 41.8 Å². The SMILES string of the molecule is CCn1[c]nnc1-c1ccccc1. The van der Waals surface area contributed by atoms with Crippen molar-refractivity contribution in [1.82, 2.24) is 14.8 Å². The Balaban J connectivity index is 2.47. The van der Waals surface area contributed by atoms with Crippen molar-refractivity contribution < 1.29 is 0 Å². The second kappa shape index (κ2) is 3.39. The Labute approximate surface area is 77.0 Å². The molecule has 0 aliphatic rings. The summed E-state index contributed by atoms with van der Waals surface area (Å²) in [6, 6.07) is 10.0. The lowest BCUT2D eigenvalue weighted by Crippen LogP contribution is -1.95. The van der Waals surface area contributed by atoms with Crippen molar-refractivity contribution in [1.29, 1.82) is 0 Å². The average molecular weight is 172 g/mol. The Bertz CT molecular complexity index is 378. The highest BCUT2D eigenvalue weighted by Crippen LogP contribution is 2.14. The van der Waals surface area contributed by atoms with E-state index in [2.05, 4.69) is 16.5 Å². The van der Waals surface area contributed by atoms with Crippen LogP contribution in [0.4, 0.5) is 0 Å². The van der Waals surface area contributed by atoms with Crippen molar-refractivity contribution in [3.63, 3.8) is 0 Å². The van der Waals surface area contributed by atoms with E-state index in [4.69, 9.17) is 0 Å². The molecule has 0 saturated carbocycles. The van der Waals surface area contributed by atoms with Crippen LogP contribution in [0.25, 0.3) is 11.4 Å². The molecule has 3 nitrogen and oxygen atoms in total. The molecule has 2 aromatic rings. The first-order valence-electron chi connectivity index (χ1n) is 4.28. The zero-order chi connectivity index (χ0) is 9.10. The number of benzene rings is 1. The molecule has 3 heteroatoms. The fourth-order valence-electron chi connectivity index (χ4n) is 1.25. The minimum atomic E-state index is 0.844. The van der Waals surface area contributed by atoms with E-state index in [9.17, 15) is 0 Å². The van der Waals surface area contributed by atoms with Gasteiger partial charge in [-0.15, -0.1) is 10.2 Å².